The maximum atomic E-state index is 5.16. The van der Waals surface area contributed by atoms with Crippen LogP contribution in [-0.4, -0.2) is 7.11 Å². The molecule has 1 aliphatic rings. The van der Waals surface area contributed by atoms with Crippen LogP contribution in [0.15, 0.2) is 36.4 Å². The van der Waals surface area contributed by atoms with Crippen molar-refractivity contribution in [3.8, 4) is 0 Å². The van der Waals surface area contributed by atoms with Crippen molar-refractivity contribution >= 4 is 0 Å². The van der Waals surface area contributed by atoms with Gasteiger partial charge >= 0.3 is 0 Å². The third-order valence-corrected chi connectivity index (χ3v) is 4.31. The summed E-state index contributed by atoms with van der Waals surface area (Å²) in [5.41, 5.74) is 2.79. The molecule has 1 aliphatic carbocycles. The normalized spacial score (nSPS) is 23.9. The predicted molar refractivity (Wildman–Crippen MR) is 81.3 cm³/mol. The van der Waals surface area contributed by atoms with Crippen molar-refractivity contribution in [2.75, 3.05) is 7.11 Å². The average Bonchev–Trinajstić information content (AvgIpc) is 2.47. The highest BCUT2D eigenvalue weighted by Gasteiger charge is 2.21. The van der Waals surface area contributed by atoms with Crippen LogP contribution in [0.5, 0.6) is 0 Å². The largest absolute Gasteiger partial charge is 0.380 e. The lowest BCUT2D eigenvalue weighted by atomic mass is 9.77. The molecule has 0 bridgehead atoms. The first-order valence-electron chi connectivity index (χ1n) is 7.52. The van der Waals surface area contributed by atoms with E-state index in [-0.39, 0.29) is 0 Å². The zero-order valence-electron chi connectivity index (χ0n) is 12.3. The van der Waals surface area contributed by atoms with Gasteiger partial charge in [0.1, 0.15) is 0 Å². The molecule has 1 aromatic carbocycles. The van der Waals surface area contributed by atoms with Crippen LogP contribution in [0, 0.1) is 5.92 Å². The molecule has 1 nitrogen and oxygen atoms in total. The molecule has 2 rings (SSSR count). The summed E-state index contributed by atoms with van der Waals surface area (Å²) in [6.07, 6.45) is 11.3. The summed E-state index contributed by atoms with van der Waals surface area (Å²) in [6, 6.07) is 9.02. The molecule has 1 aromatic rings. The van der Waals surface area contributed by atoms with E-state index in [4.69, 9.17) is 4.74 Å². The van der Waals surface area contributed by atoms with Crippen LogP contribution in [-0.2, 0) is 11.3 Å². The van der Waals surface area contributed by atoms with Crippen molar-refractivity contribution in [3.05, 3.63) is 47.5 Å². The summed E-state index contributed by atoms with van der Waals surface area (Å²) in [7, 11) is 1.75. The Bertz CT molecular complexity index is 383. The summed E-state index contributed by atoms with van der Waals surface area (Å²) in [4.78, 5) is 0. The minimum atomic E-state index is 0.719. The monoisotopic (exact) mass is 258 g/mol. The summed E-state index contributed by atoms with van der Waals surface area (Å²) in [5.74, 6) is 1.69. The number of hydrogen-bond donors (Lipinski definition) is 0. The highest BCUT2D eigenvalue weighted by molar-refractivity contribution is 5.25. The fourth-order valence-electron chi connectivity index (χ4n) is 3.11. The van der Waals surface area contributed by atoms with E-state index in [9.17, 15) is 0 Å². The molecule has 1 fully saturated rings. The Labute approximate surface area is 117 Å². The number of ether oxygens (including phenoxy) is 1. The molecule has 0 radical (unpaired) electrons. The average molecular weight is 258 g/mol. The minimum absolute atomic E-state index is 0.719. The zero-order chi connectivity index (χ0) is 13.5. The van der Waals surface area contributed by atoms with E-state index in [2.05, 4.69) is 43.3 Å². The van der Waals surface area contributed by atoms with E-state index < -0.39 is 0 Å². The van der Waals surface area contributed by atoms with Gasteiger partial charge in [-0.3, -0.25) is 0 Å². The molecule has 0 spiro atoms. The maximum absolute atomic E-state index is 5.16. The summed E-state index contributed by atoms with van der Waals surface area (Å²) in [5, 5.41) is 0. The van der Waals surface area contributed by atoms with Gasteiger partial charge in [-0.05, 0) is 62.0 Å². The molecule has 0 amide bonds. The molecule has 0 aromatic heterocycles. The molecule has 19 heavy (non-hydrogen) atoms. The van der Waals surface area contributed by atoms with Gasteiger partial charge in [0.2, 0.25) is 0 Å². The molecule has 0 atom stereocenters. The fourth-order valence-corrected chi connectivity index (χ4v) is 3.11. The Morgan fingerprint density at radius 1 is 1.11 bits per heavy atom. The first kappa shape index (κ1) is 14.3. The summed E-state index contributed by atoms with van der Waals surface area (Å²) < 4.78 is 5.16. The van der Waals surface area contributed by atoms with Gasteiger partial charge < -0.3 is 4.74 Å². The van der Waals surface area contributed by atoms with E-state index in [0.29, 0.717) is 0 Å². The first-order valence-corrected chi connectivity index (χ1v) is 7.52. The topological polar surface area (TPSA) is 9.23 Å². The molecule has 1 saturated carbocycles. The summed E-state index contributed by atoms with van der Waals surface area (Å²) in [6.45, 7) is 2.84. The summed E-state index contributed by atoms with van der Waals surface area (Å²) >= 11 is 0. The van der Waals surface area contributed by atoms with Crippen molar-refractivity contribution < 1.29 is 4.74 Å². The highest BCUT2D eigenvalue weighted by atomic mass is 16.5. The van der Waals surface area contributed by atoms with Crippen molar-refractivity contribution in [3.63, 3.8) is 0 Å². The molecule has 1 heteroatoms. The quantitative estimate of drug-likeness (QED) is 0.670. The van der Waals surface area contributed by atoms with Gasteiger partial charge in [-0.1, -0.05) is 36.4 Å². The van der Waals surface area contributed by atoms with Gasteiger partial charge in [0.05, 0.1) is 6.61 Å². The van der Waals surface area contributed by atoms with Gasteiger partial charge in [-0.2, -0.15) is 0 Å². The van der Waals surface area contributed by atoms with Crippen LogP contribution in [0.3, 0.4) is 0 Å². The van der Waals surface area contributed by atoms with Gasteiger partial charge in [0.25, 0.3) is 0 Å². The Balaban J connectivity index is 1.86. The number of allylic oxidation sites excluding steroid dienone is 2. The Morgan fingerprint density at radius 2 is 1.79 bits per heavy atom. The molecular formula is C18H26O. The smallest absolute Gasteiger partial charge is 0.0713 e. The second kappa shape index (κ2) is 7.49. The molecule has 104 valence electrons. The standard InChI is InChI=1S/C18H26O/c1-3-4-5-15-6-10-17(11-7-15)18-12-8-16(9-13-18)14-19-2/h3-4,8-9,12-13,15,17H,5-7,10-11,14H2,1-2H3/b4-3+/t15-,17-. The van der Waals surface area contributed by atoms with E-state index in [1.807, 2.05) is 0 Å². The minimum Gasteiger partial charge on any atom is -0.380 e. The molecule has 0 N–H and O–H groups in total. The van der Waals surface area contributed by atoms with Gasteiger partial charge in [0, 0.05) is 7.11 Å². The second-order valence-electron chi connectivity index (χ2n) is 5.70. The van der Waals surface area contributed by atoms with E-state index in [1.165, 1.54) is 43.2 Å². The number of hydrogen-bond acceptors (Lipinski definition) is 1. The molecule has 0 aliphatic heterocycles. The van der Waals surface area contributed by atoms with Crippen LogP contribution in [0.2, 0.25) is 0 Å². The van der Waals surface area contributed by atoms with Crippen molar-refractivity contribution in [1.29, 1.82) is 0 Å². The lowest BCUT2D eigenvalue weighted by Crippen LogP contribution is -2.12. The van der Waals surface area contributed by atoms with Gasteiger partial charge in [0.15, 0.2) is 0 Å². The molecule has 0 saturated heterocycles. The Morgan fingerprint density at radius 3 is 2.37 bits per heavy atom. The van der Waals surface area contributed by atoms with Crippen LogP contribution in [0.1, 0.15) is 56.1 Å². The van der Waals surface area contributed by atoms with Crippen LogP contribution < -0.4 is 0 Å². The van der Waals surface area contributed by atoms with Crippen LogP contribution >= 0.6 is 0 Å². The number of rotatable bonds is 5. The number of benzene rings is 1. The van der Waals surface area contributed by atoms with Gasteiger partial charge in [-0.25, -0.2) is 0 Å². The van der Waals surface area contributed by atoms with Crippen molar-refractivity contribution in [2.24, 2.45) is 5.92 Å². The zero-order valence-corrected chi connectivity index (χ0v) is 12.3. The van der Waals surface area contributed by atoms with Crippen molar-refractivity contribution in [1.82, 2.24) is 0 Å². The predicted octanol–water partition coefficient (Wildman–Crippen LogP) is 5.07. The molecule has 0 unspecified atom stereocenters. The first-order chi connectivity index (χ1) is 9.33. The number of methoxy groups -OCH3 is 1. The van der Waals surface area contributed by atoms with E-state index in [1.54, 1.807) is 7.11 Å². The molecular weight excluding hydrogens is 232 g/mol. The Kier molecular flexibility index (Phi) is 5.65. The third kappa shape index (κ3) is 4.21. The maximum Gasteiger partial charge on any atom is 0.0713 e. The molecule has 0 heterocycles. The van der Waals surface area contributed by atoms with Crippen molar-refractivity contribution in [2.45, 2.75) is 51.6 Å². The second-order valence-corrected chi connectivity index (χ2v) is 5.70. The van der Waals surface area contributed by atoms with Crippen LogP contribution in [0.4, 0.5) is 0 Å². The van der Waals surface area contributed by atoms with Gasteiger partial charge in [-0.15, -0.1) is 0 Å². The van der Waals surface area contributed by atoms with E-state index in [0.717, 1.165) is 18.4 Å². The highest BCUT2D eigenvalue weighted by Crippen LogP contribution is 2.37. The van der Waals surface area contributed by atoms with E-state index >= 15 is 0 Å². The Hall–Kier alpha value is -1.08. The van der Waals surface area contributed by atoms with Crippen LogP contribution in [0.25, 0.3) is 0 Å². The third-order valence-electron chi connectivity index (χ3n) is 4.31. The SMILES string of the molecule is C/C=C/C[C@H]1CC[C@H](c2ccc(COC)cc2)CC1. The lowest BCUT2D eigenvalue weighted by molar-refractivity contribution is 0.185. The fraction of sp³-hybridized carbons (Fsp3) is 0.556. The lowest BCUT2D eigenvalue weighted by Gasteiger charge is -2.28.